The zero-order chi connectivity index (χ0) is 23.5. The number of furan rings is 1. The van der Waals surface area contributed by atoms with Gasteiger partial charge < -0.3 is 23.4 Å². The molecule has 5 rings (SSSR count). The molecule has 0 unspecified atom stereocenters. The van der Waals surface area contributed by atoms with Gasteiger partial charge in [-0.05, 0) is 43.1 Å². The first-order valence-corrected chi connectivity index (χ1v) is 11.4. The molecule has 1 spiro atoms. The Labute approximate surface area is 191 Å². The van der Waals surface area contributed by atoms with E-state index in [1.165, 1.54) is 13.8 Å². The second-order valence-electron chi connectivity index (χ2n) is 10.1. The molecule has 2 saturated carbocycles. The largest absolute Gasteiger partial charge is 0.472 e. The van der Waals surface area contributed by atoms with Gasteiger partial charge in [-0.3, -0.25) is 19.2 Å². The summed E-state index contributed by atoms with van der Waals surface area (Å²) in [6.07, 6.45) is 2.93. The average molecular weight is 460 g/mol. The monoisotopic (exact) mass is 460 g/mol. The van der Waals surface area contributed by atoms with Gasteiger partial charge in [-0.2, -0.15) is 0 Å². The molecular formula is C24H28O9. The number of cyclic esters (lactones) is 2. The highest BCUT2D eigenvalue weighted by atomic mass is 16.6. The summed E-state index contributed by atoms with van der Waals surface area (Å²) in [6, 6.07) is 1.78. The Hall–Kier alpha value is -2.84. The van der Waals surface area contributed by atoms with Gasteiger partial charge in [0.2, 0.25) is 0 Å². The van der Waals surface area contributed by atoms with E-state index in [2.05, 4.69) is 6.92 Å². The van der Waals surface area contributed by atoms with Gasteiger partial charge in [0.05, 0.1) is 25.1 Å². The van der Waals surface area contributed by atoms with Crippen molar-refractivity contribution in [3.8, 4) is 0 Å². The molecule has 0 N–H and O–H groups in total. The van der Waals surface area contributed by atoms with Crippen LogP contribution in [0, 0.1) is 28.6 Å². The Morgan fingerprint density at radius 3 is 2.55 bits per heavy atom. The lowest BCUT2D eigenvalue weighted by molar-refractivity contribution is -0.227. The van der Waals surface area contributed by atoms with Crippen LogP contribution in [0.1, 0.15) is 58.1 Å². The lowest BCUT2D eigenvalue weighted by Gasteiger charge is -2.61. The Morgan fingerprint density at radius 1 is 1.12 bits per heavy atom. The number of hydrogen-bond donors (Lipinski definition) is 0. The third kappa shape index (κ3) is 3.27. The quantitative estimate of drug-likeness (QED) is 0.495. The summed E-state index contributed by atoms with van der Waals surface area (Å²) in [5.74, 6) is -3.07. The normalized spacial score (nSPS) is 41.7. The molecule has 33 heavy (non-hydrogen) atoms. The van der Waals surface area contributed by atoms with Gasteiger partial charge in [0, 0.05) is 24.8 Å². The molecule has 4 fully saturated rings. The molecule has 9 heteroatoms. The molecule has 0 aromatic carbocycles. The molecule has 1 aromatic heterocycles. The van der Waals surface area contributed by atoms with E-state index < -0.39 is 53.0 Å². The summed E-state index contributed by atoms with van der Waals surface area (Å²) in [5.41, 5.74) is -0.373. The summed E-state index contributed by atoms with van der Waals surface area (Å²) in [5, 5.41) is 0. The van der Waals surface area contributed by atoms with Crippen LogP contribution in [0.4, 0.5) is 0 Å². The van der Waals surface area contributed by atoms with Gasteiger partial charge in [-0.25, -0.2) is 0 Å². The highest BCUT2D eigenvalue weighted by molar-refractivity contribution is 5.79. The van der Waals surface area contributed by atoms with E-state index in [0.29, 0.717) is 25.7 Å². The lowest BCUT2D eigenvalue weighted by Crippen LogP contribution is -2.65. The SMILES string of the molecule is CC(=O)O[C@H]1[C@@H](OC(C)=O)C[C@@H]2[C@@]3(C)C[C@H](c4ccoc4)OC(=O)[C@H]3CC[C@]23COC(=O)[C@H]13. The van der Waals surface area contributed by atoms with E-state index in [1.807, 2.05) is 0 Å². The highest BCUT2D eigenvalue weighted by Gasteiger charge is 2.71. The van der Waals surface area contributed by atoms with Crippen LogP contribution in [0.5, 0.6) is 0 Å². The number of fused-ring (bicyclic) bond motifs is 2. The second-order valence-corrected chi connectivity index (χ2v) is 10.1. The molecule has 9 nitrogen and oxygen atoms in total. The standard InChI is InChI=1S/C24H28O9/c1-12(25)31-16-8-18-23(3)9-17(14-5-7-29-10-14)33-21(27)15(23)4-6-24(18)11-30-22(28)19(24)20(16)32-13(2)26/h5,7,10,15-20H,4,6,8-9,11H2,1-3H3/t15-,16+,17-,18-,19+,20+,23+,24+/m1/s1. The lowest BCUT2D eigenvalue weighted by atomic mass is 9.43. The van der Waals surface area contributed by atoms with Crippen molar-refractivity contribution in [2.24, 2.45) is 28.6 Å². The van der Waals surface area contributed by atoms with E-state index in [1.54, 1.807) is 18.6 Å². The smallest absolute Gasteiger partial charge is 0.313 e. The van der Waals surface area contributed by atoms with Crippen LogP contribution < -0.4 is 0 Å². The first-order valence-electron chi connectivity index (χ1n) is 11.4. The van der Waals surface area contributed by atoms with Crippen LogP contribution in [-0.4, -0.2) is 42.7 Å². The van der Waals surface area contributed by atoms with Gasteiger partial charge in [-0.15, -0.1) is 0 Å². The zero-order valence-electron chi connectivity index (χ0n) is 18.9. The molecule has 0 radical (unpaired) electrons. The summed E-state index contributed by atoms with van der Waals surface area (Å²) >= 11 is 0. The summed E-state index contributed by atoms with van der Waals surface area (Å²) in [7, 11) is 0. The predicted octanol–water partition coefficient (Wildman–Crippen LogP) is 2.73. The first kappa shape index (κ1) is 22.0. The molecule has 4 aliphatic rings. The van der Waals surface area contributed by atoms with Crippen LogP contribution in [0.25, 0.3) is 0 Å². The molecule has 0 amide bonds. The molecule has 8 atom stereocenters. The zero-order valence-corrected chi connectivity index (χ0v) is 18.9. The Balaban J connectivity index is 1.58. The minimum atomic E-state index is -0.919. The molecule has 3 heterocycles. The average Bonchev–Trinajstić information content (AvgIpc) is 3.37. The van der Waals surface area contributed by atoms with Crippen LogP contribution >= 0.6 is 0 Å². The van der Waals surface area contributed by atoms with Crippen molar-refractivity contribution in [3.05, 3.63) is 24.2 Å². The van der Waals surface area contributed by atoms with Gasteiger partial charge in [0.1, 0.15) is 18.1 Å². The fraction of sp³-hybridized carbons (Fsp3) is 0.667. The van der Waals surface area contributed by atoms with Gasteiger partial charge in [0.25, 0.3) is 0 Å². The Morgan fingerprint density at radius 2 is 1.88 bits per heavy atom. The minimum Gasteiger partial charge on any atom is -0.472 e. The molecule has 2 aliphatic heterocycles. The van der Waals surface area contributed by atoms with E-state index >= 15 is 0 Å². The number of carbonyl (C=O) groups is 4. The number of carbonyl (C=O) groups excluding carboxylic acids is 4. The van der Waals surface area contributed by atoms with Crippen molar-refractivity contribution in [2.45, 2.75) is 64.8 Å². The topological polar surface area (TPSA) is 118 Å². The molecule has 178 valence electrons. The first-order chi connectivity index (χ1) is 15.7. The molecule has 2 saturated heterocycles. The third-order valence-electron chi connectivity index (χ3n) is 8.41. The van der Waals surface area contributed by atoms with Crippen molar-refractivity contribution in [1.29, 1.82) is 0 Å². The maximum absolute atomic E-state index is 13.1. The molecule has 2 aliphatic carbocycles. The van der Waals surface area contributed by atoms with Crippen molar-refractivity contribution in [1.82, 2.24) is 0 Å². The minimum absolute atomic E-state index is 0.182. The summed E-state index contributed by atoms with van der Waals surface area (Å²) in [4.78, 5) is 50.0. The van der Waals surface area contributed by atoms with Gasteiger partial charge >= 0.3 is 23.9 Å². The van der Waals surface area contributed by atoms with E-state index in [0.717, 1.165) is 5.56 Å². The van der Waals surface area contributed by atoms with Crippen LogP contribution in [0.15, 0.2) is 23.0 Å². The van der Waals surface area contributed by atoms with Crippen molar-refractivity contribution in [2.75, 3.05) is 6.61 Å². The van der Waals surface area contributed by atoms with Crippen molar-refractivity contribution < 1.29 is 42.5 Å². The summed E-state index contributed by atoms with van der Waals surface area (Å²) < 4.78 is 27.8. The van der Waals surface area contributed by atoms with Crippen LogP contribution in [0.3, 0.4) is 0 Å². The highest BCUT2D eigenvalue weighted by Crippen LogP contribution is 2.68. The maximum Gasteiger partial charge on any atom is 0.313 e. The van der Waals surface area contributed by atoms with E-state index in [9.17, 15) is 19.2 Å². The summed E-state index contributed by atoms with van der Waals surface area (Å²) in [6.45, 7) is 4.82. The number of ether oxygens (including phenoxy) is 4. The molecular weight excluding hydrogens is 432 g/mol. The second kappa shape index (κ2) is 7.60. The fourth-order valence-electron chi connectivity index (χ4n) is 7.17. The third-order valence-corrected chi connectivity index (χ3v) is 8.41. The van der Waals surface area contributed by atoms with Crippen molar-refractivity contribution >= 4 is 23.9 Å². The maximum atomic E-state index is 13.1. The number of esters is 4. The predicted molar refractivity (Wildman–Crippen MR) is 109 cm³/mol. The Bertz CT molecular complexity index is 984. The van der Waals surface area contributed by atoms with Crippen LogP contribution in [-0.2, 0) is 38.1 Å². The van der Waals surface area contributed by atoms with E-state index in [-0.39, 0.29) is 24.4 Å². The molecule has 1 aromatic rings. The van der Waals surface area contributed by atoms with Crippen molar-refractivity contribution in [3.63, 3.8) is 0 Å². The number of rotatable bonds is 3. The van der Waals surface area contributed by atoms with Gasteiger partial charge in [0.15, 0.2) is 6.10 Å². The number of hydrogen-bond acceptors (Lipinski definition) is 9. The van der Waals surface area contributed by atoms with E-state index in [4.69, 9.17) is 23.4 Å². The molecule has 0 bridgehead atoms. The van der Waals surface area contributed by atoms with Crippen LogP contribution in [0.2, 0.25) is 0 Å². The Kier molecular flexibility index (Phi) is 5.06. The van der Waals surface area contributed by atoms with Gasteiger partial charge in [-0.1, -0.05) is 6.92 Å². The fourth-order valence-corrected chi connectivity index (χ4v) is 7.17.